The minimum Gasteiger partial charge on any atom is -0.508 e. The van der Waals surface area contributed by atoms with Crippen molar-refractivity contribution in [2.75, 3.05) is 5.88 Å². The Morgan fingerprint density at radius 2 is 1.88 bits per heavy atom. The number of ketones is 1. The van der Waals surface area contributed by atoms with E-state index in [4.69, 9.17) is 11.6 Å². The molecule has 0 aliphatic rings. The van der Waals surface area contributed by atoms with Crippen molar-refractivity contribution in [2.45, 2.75) is 6.42 Å². The normalized spacial score (nSPS) is 10.9. The maximum atomic E-state index is 12.2. The zero-order valence-electron chi connectivity index (χ0n) is 12.5. The van der Waals surface area contributed by atoms with Crippen molar-refractivity contribution in [1.82, 2.24) is 0 Å². The molecular formula is C17H14ClNO5. The van der Waals surface area contributed by atoms with Gasteiger partial charge in [-0.25, -0.2) is 0 Å². The molecule has 0 unspecified atom stereocenters. The van der Waals surface area contributed by atoms with Gasteiger partial charge in [0.25, 0.3) is 0 Å². The molecule has 124 valence electrons. The Morgan fingerprint density at radius 1 is 1.17 bits per heavy atom. The number of alkyl halides is 1. The lowest BCUT2D eigenvalue weighted by Gasteiger charge is -2.04. The predicted molar refractivity (Wildman–Crippen MR) is 90.7 cm³/mol. The number of halogens is 1. The zero-order valence-corrected chi connectivity index (χ0v) is 13.2. The lowest BCUT2D eigenvalue weighted by Crippen LogP contribution is -1.97. The van der Waals surface area contributed by atoms with Gasteiger partial charge in [-0.2, -0.15) is 0 Å². The van der Waals surface area contributed by atoms with E-state index >= 15 is 0 Å². The third-order valence-corrected chi connectivity index (χ3v) is 3.54. The predicted octanol–water partition coefficient (Wildman–Crippen LogP) is 3.68. The van der Waals surface area contributed by atoms with Crippen LogP contribution in [0, 0.1) is 10.1 Å². The molecule has 0 saturated heterocycles. The van der Waals surface area contributed by atoms with Crippen molar-refractivity contribution in [2.24, 2.45) is 0 Å². The standard InChI is InChI=1S/C17H14ClNO5/c18-8-7-13-10-12(3-6-16(13)21)15(20)4-1-11-2-5-17(22)14(9-11)19(23)24/h1-6,9-10,21-22H,7-8H2/b4-1+. The molecule has 7 heteroatoms. The van der Waals surface area contributed by atoms with Crippen molar-refractivity contribution in [3.05, 3.63) is 69.3 Å². The zero-order chi connectivity index (χ0) is 17.7. The summed E-state index contributed by atoms with van der Waals surface area (Å²) in [6.45, 7) is 0. The van der Waals surface area contributed by atoms with Gasteiger partial charge < -0.3 is 10.2 Å². The monoisotopic (exact) mass is 347 g/mol. The van der Waals surface area contributed by atoms with E-state index in [1.165, 1.54) is 42.5 Å². The number of nitro groups is 1. The summed E-state index contributed by atoms with van der Waals surface area (Å²) in [5, 5.41) is 29.9. The average molecular weight is 348 g/mol. The van der Waals surface area contributed by atoms with Crippen LogP contribution < -0.4 is 0 Å². The summed E-state index contributed by atoms with van der Waals surface area (Å²) in [5.41, 5.74) is 0.924. The van der Waals surface area contributed by atoms with E-state index in [1.807, 2.05) is 0 Å². The Kier molecular flexibility index (Phi) is 5.55. The van der Waals surface area contributed by atoms with Gasteiger partial charge in [-0.05, 0) is 47.9 Å². The molecular weight excluding hydrogens is 334 g/mol. The number of aryl methyl sites for hydroxylation is 1. The van der Waals surface area contributed by atoms with Gasteiger partial charge in [0.15, 0.2) is 11.5 Å². The Bertz CT molecular complexity index is 817. The number of rotatable bonds is 6. The molecule has 24 heavy (non-hydrogen) atoms. The van der Waals surface area contributed by atoms with Gasteiger partial charge in [0.05, 0.1) is 4.92 Å². The summed E-state index contributed by atoms with van der Waals surface area (Å²) in [6.07, 6.45) is 3.12. The van der Waals surface area contributed by atoms with Crippen LogP contribution in [0.15, 0.2) is 42.5 Å². The van der Waals surface area contributed by atoms with Gasteiger partial charge in [0, 0.05) is 17.5 Å². The van der Waals surface area contributed by atoms with Crippen LogP contribution in [0.5, 0.6) is 11.5 Å². The topological polar surface area (TPSA) is 101 Å². The molecule has 0 aliphatic carbocycles. The minimum atomic E-state index is -0.701. The molecule has 2 N–H and O–H groups in total. The van der Waals surface area contributed by atoms with Crippen LogP contribution in [0.25, 0.3) is 6.08 Å². The minimum absolute atomic E-state index is 0.0744. The highest BCUT2D eigenvalue weighted by molar-refractivity contribution is 6.18. The fourth-order valence-corrected chi connectivity index (χ4v) is 2.30. The van der Waals surface area contributed by atoms with E-state index in [1.54, 1.807) is 6.07 Å². The van der Waals surface area contributed by atoms with Gasteiger partial charge in [-0.3, -0.25) is 14.9 Å². The molecule has 0 radical (unpaired) electrons. The van der Waals surface area contributed by atoms with E-state index in [2.05, 4.69) is 0 Å². The molecule has 0 spiro atoms. The molecule has 2 rings (SSSR count). The van der Waals surface area contributed by atoms with Crippen LogP contribution in [0.3, 0.4) is 0 Å². The molecule has 0 fully saturated rings. The number of aromatic hydroxyl groups is 2. The molecule has 0 saturated carbocycles. The summed E-state index contributed by atoms with van der Waals surface area (Å²) >= 11 is 5.65. The van der Waals surface area contributed by atoms with Crippen molar-refractivity contribution in [1.29, 1.82) is 0 Å². The highest BCUT2D eigenvalue weighted by Gasteiger charge is 2.13. The van der Waals surface area contributed by atoms with E-state index in [9.17, 15) is 25.1 Å². The lowest BCUT2D eigenvalue weighted by molar-refractivity contribution is -0.385. The first kappa shape index (κ1) is 17.5. The molecule has 0 aliphatic heterocycles. The summed E-state index contributed by atoms with van der Waals surface area (Å²) in [7, 11) is 0. The molecule has 0 bridgehead atoms. The number of phenolic OH excluding ortho intramolecular Hbond substituents is 2. The molecule has 0 aromatic heterocycles. The van der Waals surface area contributed by atoms with Crippen molar-refractivity contribution in [3.8, 4) is 11.5 Å². The average Bonchev–Trinajstić information content (AvgIpc) is 2.55. The number of benzene rings is 2. The van der Waals surface area contributed by atoms with Crippen LogP contribution in [-0.2, 0) is 6.42 Å². The number of allylic oxidation sites excluding steroid dienone is 1. The number of phenols is 2. The Labute approximate surface area is 142 Å². The smallest absolute Gasteiger partial charge is 0.311 e. The van der Waals surface area contributed by atoms with Crippen molar-refractivity contribution >= 4 is 29.1 Å². The van der Waals surface area contributed by atoms with Crippen molar-refractivity contribution in [3.63, 3.8) is 0 Å². The number of carbonyl (C=O) groups is 1. The lowest BCUT2D eigenvalue weighted by atomic mass is 10.0. The van der Waals surface area contributed by atoms with E-state index < -0.39 is 16.4 Å². The van der Waals surface area contributed by atoms with Gasteiger partial charge in [-0.15, -0.1) is 11.6 Å². The molecule has 2 aromatic rings. The van der Waals surface area contributed by atoms with Gasteiger partial charge in [-0.1, -0.05) is 12.1 Å². The number of carbonyl (C=O) groups excluding carboxylic acids is 1. The first-order chi connectivity index (χ1) is 11.4. The van der Waals surface area contributed by atoms with Crippen LogP contribution >= 0.6 is 11.6 Å². The fourth-order valence-electron chi connectivity index (χ4n) is 2.10. The Morgan fingerprint density at radius 3 is 2.54 bits per heavy atom. The van der Waals surface area contributed by atoms with Gasteiger partial charge in [0.1, 0.15) is 5.75 Å². The van der Waals surface area contributed by atoms with Crippen LogP contribution in [0.2, 0.25) is 0 Å². The molecule has 2 aromatic carbocycles. The first-order valence-corrected chi connectivity index (χ1v) is 7.53. The largest absolute Gasteiger partial charge is 0.508 e. The van der Waals surface area contributed by atoms with E-state index in [0.29, 0.717) is 29.0 Å². The van der Waals surface area contributed by atoms with E-state index in [-0.39, 0.29) is 11.5 Å². The molecule has 0 atom stereocenters. The molecule has 0 heterocycles. The van der Waals surface area contributed by atoms with Crippen LogP contribution in [0.4, 0.5) is 5.69 Å². The number of nitrogens with zero attached hydrogens (tertiary/aromatic N) is 1. The number of hydrogen-bond donors (Lipinski definition) is 2. The third kappa shape index (κ3) is 4.11. The first-order valence-electron chi connectivity index (χ1n) is 7.00. The van der Waals surface area contributed by atoms with Gasteiger partial charge in [0.2, 0.25) is 0 Å². The van der Waals surface area contributed by atoms with Crippen molar-refractivity contribution < 1.29 is 19.9 Å². The second-order valence-electron chi connectivity index (χ2n) is 4.99. The summed E-state index contributed by atoms with van der Waals surface area (Å²) in [5.74, 6) is -0.363. The number of nitro benzene ring substituents is 1. The van der Waals surface area contributed by atoms with Crippen LogP contribution in [-0.4, -0.2) is 26.8 Å². The second-order valence-corrected chi connectivity index (χ2v) is 5.36. The molecule has 6 nitrogen and oxygen atoms in total. The summed E-state index contributed by atoms with van der Waals surface area (Å²) in [6, 6.07) is 8.30. The SMILES string of the molecule is O=C(/C=C/c1ccc(O)c([N+](=O)[O-])c1)c1ccc(O)c(CCCl)c1. The highest BCUT2D eigenvalue weighted by atomic mass is 35.5. The Balaban J connectivity index is 2.23. The maximum Gasteiger partial charge on any atom is 0.311 e. The molecule has 0 amide bonds. The quantitative estimate of drug-likeness (QED) is 0.273. The highest BCUT2D eigenvalue weighted by Crippen LogP contribution is 2.27. The second kappa shape index (κ2) is 7.61. The fraction of sp³-hybridized carbons (Fsp3) is 0.118. The summed E-state index contributed by atoms with van der Waals surface area (Å²) < 4.78 is 0. The van der Waals surface area contributed by atoms with E-state index in [0.717, 1.165) is 0 Å². The summed E-state index contributed by atoms with van der Waals surface area (Å²) in [4.78, 5) is 22.3. The third-order valence-electron chi connectivity index (χ3n) is 3.35. The number of hydrogen-bond acceptors (Lipinski definition) is 5. The Hall–Kier alpha value is -2.86. The maximum absolute atomic E-state index is 12.2. The van der Waals surface area contributed by atoms with Crippen LogP contribution in [0.1, 0.15) is 21.5 Å². The van der Waals surface area contributed by atoms with Gasteiger partial charge >= 0.3 is 5.69 Å².